The summed E-state index contributed by atoms with van der Waals surface area (Å²) in [6.45, 7) is 6.10. The Bertz CT molecular complexity index is 531. The first-order valence-corrected chi connectivity index (χ1v) is 5.69. The molecule has 4 nitrogen and oxygen atoms in total. The molecular formula is C13H18N2O2. The number of rotatable bonds is 3. The predicted molar refractivity (Wildman–Crippen MR) is 66.5 cm³/mol. The first-order chi connectivity index (χ1) is 7.94. The largest absolute Gasteiger partial charge is 0.441 e. The Labute approximate surface area is 100 Å². The normalized spacial score (nSPS) is 14.2. The number of fused-ring (bicyclic) bond motifs is 1. The highest BCUT2D eigenvalue weighted by atomic mass is 16.3. The standard InChI is InChI=1S/C13H18N2O2/c1-8-15-10-5-4-9(6-11(10)17-8)12(16)13(2,3)7-14/h4-6,12,16H,7,14H2,1-3H3. The molecule has 0 bridgehead atoms. The van der Waals surface area contributed by atoms with Gasteiger partial charge in [0, 0.05) is 18.9 Å². The number of aromatic nitrogens is 1. The van der Waals surface area contributed by atoms with Crippen molar-refractivity contribution in [2.24, 2.45) is 11.1 Å². The second kappa shape index (κ2) is 4.13. The molecule has 1 unspecified atom stereocenters. The predicted octanol–water partition coefficient (Wildman–Crippen LogP) is 2.15. The summed E-state index contributed by atoms with van der Waals surface area (Å²) in [6, 6.07) is 5.56. The van der Waals surface area contributed by atoms with Gasteiger partial charge < -0.3 is 15.3 Å². The molecule has 1 aromatic heterocycles. The highest BCUT2D eigenvalue weighted by molar-refractivity contribution is 5.73. The fourth-order valence-electron chi connectivity index (χ4n) is 1.79. The molecule has 1 atom stereocenters. The van der Waals surface area contributed by atoms with E-state index in [0.717, 1.165) is 11.1 Å². The van der Waals surface area contributed by atoms with E-state index in [2.05, 4.69) is 4.98 Å². The van der Waals surface area contributed by atoms with Gasteiger partial charge in [-0.3, -0.25) is 0 Å². The van der Waals surface area contributed by atoms with Gasteiger partial charge in [0.2, 0.25) is 0 Å². The molecule has 0 saturated carbocycles. The van der Waals surface area contributed by atoms with Crippen molar-refractivity contribution in [1.29, 1.82) is 0 Å². The molecule has 2 rings (SSSR count). The SMILES string of the molecule is Cc1nc2ccc(C(O)C(C)(C)CN)cc2o1. The van der Waals surface area contributed by atoms with Gasteiger partial charge in [0.1, 0.15) is 5.52 Å². The lowest BCUT2D eigenvalue weighted by atomic mass is 9.83. The number of hydrogen-bond donors (Lipinski definition) is 2. The molecule has 1 aromatic carbocycles. The molecule has 92 valence electrons. The van der Waals surface area contributed by atoms with Gasteiger partial charge >= 0.3 is 0 Å². The van der Waals surface area contributed by atoms with Crippen molar-refractivity contribution in [3.05, 3.63) is 29.7 Å². The third-order valence-electron chi connectivity index (χ3n) is 3.10. The second-order valence-electron chi connectivity index (χ2n) is 5.06. The maximum absolute atomic E-state index is 10.3. The van der Waals surface area contributed by atoms with Gasteiger partial charge in [0.05, 0.1) is 6.10 Å². The lowest BCUT2D eigenvalue weighted by molar-refractivity contribution is 0.0556. The van der Waals surface area contributed by atoms with Crippen molar-refractivity contribution in [3.63, 3.8) is 0 Å². The molecule has 17 heavy (non-hydrogen) atoms. The number of aliphatic hydroxyl groups excluding tert-OH is 1. The van der Waals surface area contributed by atoms with Gasteiger partial charge in [0.15, 0.2) is 11.5 Å². The summed E-state index contributed by atoms with van der Waals surface area (Å²) in [6.07, 6.45) is -0.609. The minimum absolute atomic E-state index is 0.358. The maximum atomic E-state index is 10.3. The average molecular weight is 234 g/mol. The number of nitrogens with zero attached hydrogens (tertiary/aromatic N) is 1. The Morgan fingerprint density at radius 1 is 1.47 bits per heavy atom. The molecule has 0 aliphatic heterocycles. The smallest absolute Gasteiger partial charge is 0.192 e. The van der Waals surface area contributed by atoms with Crippen molar-refractivity contribution < 1.29 is 9.52 Å². The van der Waals surface area contributed by atoms with Crippen molar-refractivity contribution in [1.82, 2.24) is 4.98 Å². The van der Waals surface area contributed by atoms with Crippen molar-refractivity contribution in [2.75, 3.05) is 6.54 Å². The Morgan fingerprint density at radius 2 is 2.18 bits per heavy atom. The van der Waals surface area contributed by atoms with Crippen molar-refractivity contribution in [2.45, 2.75) is 26.9 Å². The lowest BCUT2D eigenvalue weighted by Crippen LogP contribution is -2.30. The van der Waals surface area contributed by atoms with Crippen LogP contribution in [-0.4, -0.2) is 16.6 Å². The number of nitrogens with two attached hydrogens (primary N) is 1. The van der Waals surface area contributed by atoms with Gasteiger partial charge in [-0.2, -0.15) is 0 Å². The summed E-state index contributed by atoms with van der Waals surface area (Å²) >= 11 is 0. The van der Waals surface area contributed by atoms with Crippen LogP contribution in [0.1, 0.15) is 31.4 Å². The first-order valence-electron chi connectivity index (χ1n) is 5.69. The Hall–Kier alpha value is -1.39. The molecule has 3 N–H and O–H groups in total. The molecule has 2 aromatic rings. The van der Waals surface area contributed by atoms with E-state index in [1.54, 1.807) is 6.92 Å². The van der Waals surface area contributed by atoms with E-state index in [0.29, 0.717) is 18.0 Å². The van der Waals surface area contributed by atoms with Crippen LogP contribution >= 0.6 is 0 Å². The minimum atomic E-state index is -0.609. The van der Waals surface area contributed by atoms with E-state index < -0.39 is 6.10 Å². The molecule has 4 heteroatoms. The monoisotopic (exact) mass is 234 g/mol. The number of benzene rings is 1. The van der Waals surface area contributed by atoms with Crippen molar-refractivity contribution in [3.8, 4) is 0 Å². The molecule has 0 spiro atoms. The molecule has 0 fully saturated rings. The average Bonchev–Trinajstić information content (AvgIpc) is 2.66. The third kappa shape index (κ3) is 2.18. The number of aliphatic hydroxyl groups is 1. The molecule has 1 heterocycles. The van der Waals surface area contributed by atoms with Crippen LogP contribution < -0.4 is 5.73 Å². The zero-order chi connectivity index (χ0) is 12.6. The molecule has 0 aliphatic rings. The quantitative estimate of drug-likeness (QED) is 0.853. The van der Waals surface area contributed by atoms with Crippen LogP contribution in [0.5, 0.6) is 0 Å². The summed E-state index contributed by atoms with van der Waals surface area (Å²) in [5, 5.41) is 10.3. The first kappa shape index (κ1) is 12.1. The summed E-state index contributed by atoms with van der Waals surface area (Å²) in [5.41, 5.74) is 7.63. The maximum Gasteiger partial charge on any atom is 0.192 e. The van der Waals surface area contributed by atoms with Gasteiger partial charge in [-0.1, -0.05) is 19.9 Å². The number of hydrogen-bond acceptors (Lipinski definition) is 4. The summed E-state index contributed by atoms with van der Waals surface area (Å²) in [5.74, 6) is 0.629. The minimum Gasteiger partial charge on any atom is -0.441 e. The highest BCUT2D eigenvalue weighted by Crippen LogP contribution is 2.33. The molecule has 0 radical (unpaired) electrons. The molecule has 0 saturated heterocycles. The van der Waals surface area contributed by atoms with Crippen LogP contribution in [-0.2, 0) is 0 Å². The Kier molecular flexibility index (Phi) is 2.93. The molecule has 0 amide bonds. The van der Waals surface area contributed by atoms with Crippen LogP contribution in [0.15, 0.2) is 22.6 Å². The molecular weight excluding hydrogens is 216 g/mol. The zero-order valence-corrected chi connectivity index (χ0v) is 10.4. The van der Waals surface area contributed by atoms with Crippen LogP contribution in [0.3, 0.4) is 0 Å². The summed E-state index contributed by atoms with van der Waals surface area (Å²) in [4.78, 5) is 4.22. The third-order valence-corrected chi connectivity index (χ3v) is 3.10. The van der Waals surface area contributed by atoms with E-state index in [1.165, 1.54) is 0 Å². The fraction of sp³-hybridized carbons (Fsp3) is 0.462. The summed E-state index contributed by atoms with van der Waals surface area (Å²) < 4.78 is 5.45. The number of oxazole rings is 1. The van der Waals surface area contributed by atoms with Crippen LogP contribution in [0.2, 0.25) is 0 Å². The Balaban J connectivity index is 2.42. The van der Waals surface area contributed by atoms with Gasteiger partial charge in [-0.15, -0.1) is 0 Å². The van der Waals surface area contributed by atoms with Crippen LogP contribution in [0, 0.1) is 12.3 Å². The lowest BCUT2D eigenvalue weighted by Gasteiger charge is -2.29. The van der Waals surface area contributed by atoms with E-state index in [9.17, 15) is 5.11 Å². The van der Waals surface area contributed by atoms with E-state index in [-0.39, 0.29) is 5.41 Å². The van der Waals surface area contributed by atoms with Gasteiger partial charge in [-0.25, -0.2) is 4.98 Å². The van der Waals surface area contributed by atoms with Gasteiger partial charge in [0.25, 0.3) is 0 Å². The van der Waals surface area contributed by atoms with Gasteiger partial charge in [-0.05, 0) is 17.7 Å². The highest BCUT2D eigenvalue weighted by Gasteiger charge is 2.28. The van der Waals surface area contributed by atoms with E-state index in [1.807, 2.05) is 32.0 Å². The van der Waals surface area contributed by atoms with E-state index >= 15 is 0 Å². The Morgan fingerprint density at radius 3 is 2.82 bits per heavy atom. The topological polar surface area (TPSA) is 72.3 Å². The molecule has 0 aliphatic carbocycles. The van der Waals surface area contributed by atoms with Crippen molar-refractivity contribution >= 4 is 11.1 Å². The zero-order valence-electron chi connectivity index (χ0n) is 10.4. The number of aryl methyl sites for hydroxylation is 1. The van der Waals surface area contributed by atoms with Crippen LogP contribution in [0.25, 0.3) is 11.1 Å². The second-order valence-corrected chi connectivity index (χ2v) is 5.06. The van der Waals surface area contributed by atoms with Crippen LogP contribution in [0.4, 0.5) is 0 Å². The fourth-order valence-corrected chi connectivity index (χ4v) is 1.79. The summed E-state index contributed by atoms with van der Waals surface area (Å²) in [7, 11) is 0. The van der Waals surface area contributed by atoms with E-state index in [4.69, 9.17) is 10.2 Å².